The highest BCUT2D eigenvalue weighted by molar-refractivity contribution is 7.80. The van der Waals surface area contributed by atoms with E-state index in [1.54, 1.807) is 0 Å². The third-order valence-electron chi connectivity index (χ3n) is 3.14. The van der Waals surface area contributed by atoms with Gasteiger partial charge in [0.2, 0.25) is 0 Å². The van der Waals surface area contributed by atoms with Crippen molar-refractivity contribution in [2.75, 3.05) is 39.5 Å². The number of nitrogens with zero attached hydrogens (tertiary/aromatic N) is 1. The van der Waals surface area contributed by atoms with E-state index >= 15 is 0 Å². The molecule has 0 amide bonds. The van der Waals surface area contributed by atoms with Crippen molar-refractivity contribution in [1.82, 2.24) is 4.90 Å². The fourth-order valence-corrected chi connectivity index (χ4v) is 2.28. The van der Waals surface area contributed by atoms with Crippen LogP contribution in [-0.2, 0) is 9.47 Å². The maximum absolute atomic E-state index is 5.73. The molecule has 1 saturated heterocycles. The molecular formula is C14H29NO2S. The normalized spacial score (nSPS) is 23.5. The van der Waals surface area contributed by atoms with Gasteiger partial charge in [-0.2, -0.15) is 12.6 Å². The zero-order valence-corrected chi connectivity index (χ0v) is 13.0. The predicted molar refractivity (Wildman–Crippen MR) is 79.5 cm³/mol. The maximum atomic E-state index is 5.73. The van der Waals surface area contributed by atoms with Crippen molar-refractivity contribution in [1.29, 1.82) is 0 Å². The monoisotopic (exact) mass is 275 g/mol. The van der Waals surface area contributed by atoms with Gasteiger partial charge in [-0.3, -0.25) is 4.90 Å². The Labute approximate surface area is 118 Å². The molecule has 0 saturated carbocycles. The van der Waals surface area contributed by atoms with E-state index in [-0.39, 0.29) is 6.10 Å². The quantitative estimate of drug-likeness (QED) is 0.688. The summed E-state index contributed by atoms with van der Waals surface area (Å²) >= 11 is 4.30. The molecule has 0 spiro atoms. The van der Waals surface area contributed by atoms with Gasteiger partial charge in [0.15, 0.2) is 0 Å². The summed E-state index contributed by atoms with van der Waals surface area (Å²) in [4.78, 5) is 2.50. The van der Waals surface area contributed by atoms with Crippen LogP contribution in [0.5, 0.6) is 0 Å². The first-order valence-corrected chi connectivity index (χ1v) is 7.69. The second-order valence-electron chi connectivity index (χ2n) is 5.72. The minimum atomic E-state index is 0.241. The van der Waals surface area contributed by atoms with E-state index in [1.165, 1.54) is 19.4 Å². The van der Waals surface area contributed by atoms with Crippen molar-refractivity contribution >= 4 is 12.6 Å². The van der Waals surface area contributed by atoms with E-state index < -0.39 is 0 Å². The molecule has 4 heteroatoms. The number of rotatable bonds is 8. The zero-order chi connectivity index (χ0) is 13.4. The molecule has 1 aliphatic rings. The molecule has 0 radical (unpaired) electrons. The molecule has 0 aromatic carbocycles. The van der Waals surface area contributed by atoms with Crippen molar-refractivity contribution in [2.45, 2.75) is 45.0 Å². The lowest BCUT2D eigenvalue weighted by molar-refractivity contribution is -0.0687. The second kappa shape index (κ2) is 9.18. The van der Waals surface area contributed by atoms with Crippen molar-refractivity contribution in [2.24, 2.45) is 5.92 Å². The van der Waals surface area contributed by atoms with Gasteiger partial charge < -0.3 is 9.47 Å². The average molecular weight is 275 g/mol. The van der Waals surface area contributed by atoms with E-state index in [0.717, 1.165) is 25.6 Å². The summed E-state index contributed by atoms with van der Waals surface area (Å²) in [5.74, 6) is 0.807. The SMILES string of the molecule is CC(C)CCCN1CCO[C@@H](COCC(C)S)C1. The van der Waals surface area contributed by atoms with E-state index in [4.69, 9.17) is 9.47 Å². The van der Waals surface area contributed by atoms with Gasteiger partial charge in [0, 0.05) is 18.3 Å². The molecule has 1 heterocycles. The van der Waals surface area contributed by atoms with Crippen molar-refractivity contribution < 1.29 is 9.47 Å². The van der Waals surface area contributed by atoms with E-state index in [1.807, 2.05) is 6.92 Å². The minimum absolute atomic E-state index is 0.241. The Morgan fingerprint density at radius 1 is 1.39 bits per heavy atom. The van der Waals surface area contributed by atoms with Gasteiger partial charge in [-0.1, -0.05) is 20.8 Å². The van der Waals surface area contributed by atoms with Gasteiger partial charge in [0.05, 0.1) is 25.9 Å². The Hall–Kier alpha value is 0.230. The summed E-state index contributed by atoms with van der Waals surface area (Å²) < 4.78 is 11.3. The summed E-state index contributed by atoms with van der Waals surface area (Å²) in [6.45, 7) is 12.1. The highest BCUT2D eigenvalue weighted by Gasteiger charge is 2.20. The molecule has 1 unspecified atom stereocenters. The van der Waals surface area contributed by atoms with Crippen molar-refractivity contribution in [3.8, 4) is 0 Å². The molecule has 2 atom stereocenters. The fourth-order valence-electron chi connectivity index (χ4n) is 2.18. The third kappa shape index (κ3) is 7.62. The summed E-state index contributed by atoms with van der Waals surface area (Å²) in [7, 11) is 0. The summed E-state index contributed by atoms with van der Waals surface area (Å²) in [5.41, 5.74) is 0. The van der Waals surface area contributed by atoms with Gasteiger partial charge in [-0.15, -0.1) is 0 Å². The van der Waals surface area contributed by atoms with Gasteiger partial charge >= 0.3 is 0 Å². The Morgan fingerprint density at radius 3 is 2.83 bits per heavy atom. The summed E-state index contributed by atoms with van der Waals surface area (Å²) in [6.07, 6.45) is 2.85. The van der Waals surface area contributed by atoms with Crippen molar-refractivity contribution in [3.63, 3.8) is 0 Å². The predicted octanol–water partition coefficient (Wildman–Crippen LogP) is 2.46. The van der Waals surface area contributed by atoms with Crippen LogP contribution in [0, 0.1) is 5.92 Å². The van der Waals surface area contributed by atoms with Crippen LogP contribution in [0.1, 0.15) is 33.6 Å². The van der Waals surface area contributed by atoms with Crippen LogP contribution >= 0.6 is 12.6 Å². The fraction of sp³-hybridized carbons (Fsp3) is 1.00. The van der Waals surface area contributed by atoms with Gasteiger partial charge in [-0.25, -0.2) is 0 Å². The zero-order valence-electron chi connectivity index (χ0n) is 12.1. The Morgan fingerprint density at radius 2 is 2.17 bits per heavy atom. The van der Waals surface area contributed by atoms with E-state index in [2.05, 4.69) is 31.4 Å². The van der Waals surface area contributed by atoms with Crippen LogP contribution in [0.2, 0.25) is 0 Å². The first kappa shape index (κ1) is 16.3. The average Bonchev–Trinajstić information content (AvgIpc) is 2.28. The number of hydrogen-bond donors (Lipinski definition) is 1. The first-order chi connectivity index (χ1) is 8.58. The van der Waals surface area contributed by atoms with Crippen LogP contribution in [0.15, 0.2) is 0 Å². The van der Waals surface area contributed by atoms with E-state index in [9.17, 15) is 0 Å². The largest absolute Gasteiger partial charge is 0.378 e. The molecular weight excluding hydrogens is 246 g/mol. The molecule has 1 rings (SSSR count). The number of hydrogen-bond acceptors (Lipinski definition) is 4. The minimum Gasteiger partial charge on any atom is -0.378 e. The highest BCUT2D eigenvalue weighted by atomic mass is 32.1. The number of thiol groups is 1. The lowest BCUT2D eigenvalue weighted by Crippen LogP contribution is -2.44. The molecule has 1 fully saturated rings. The van der Waals surface area contributed by atoms with Crippen LogP contribution in [0.25, 0.3) is 0 Å². The van der Waals surface area contributed by atoms with Gasteiger partial charge in [-0.05, 0) is 25.3 Å². The standard InChI is InChI=1S/C14H29NO2S/c1-12(2)5-4-6-15-7-8-17-14(9-15)11-16-10-13(3)18/h12-14,18H,4-11H2,1-3H3/t13?,14-/m1/s1. The molecule has 0 aliphatic carbocycles. The van der Waals surface area contributed by atoms with Crippen LogP contribution in [-0.4, -0.2) is 55.7 Å². The molecule has 18 heavy (non-hydrogen) atoms. The summed E-state index contributed by atoms with van der Waals surface area (Å²) in [5, 5.41) is 0.302. The topological polar surface area (TPSA) is 21.7 Å². The van der Waals surface area contributed by atoms with Gasteiger partial charge in [0.1, 0.15) is 0 Å². The summed E-state index contributed by atoms with van der Waals surface area (Å²) in [6, 6.07) is 0. The third-order valence-corrected chi connectivity index (χ3v) is 3.29. The first-order valence-electron chi connectivity index (χ1n) is 7.17. The lowest BCUT2D eigenvalue weighted by atomic mass is 10.1. The number of ether oxygens (including phenoxy) is 2. The molecule has 3 nitrogen and oxygen atoms in total. The van der Waals surface area contributed by atoms with Gasteiger partial charge in [0.25, 0.3) is 0 Å². The van der Waals surface area contributed by atoms with E-state index in [0.29, 0.717) is 18.5 Å². The lowest BCUT2D eigenvalue weighted by Gasteiger charge is -2.33. The van der Waals surface area contributed by atoms with Crippen LogP contribution in [0.3, 0.4) is 0 Å². The molecule has 1 aliphatic heterocycles. The molecule has 0 aromatic heterocycles. The molecule has 0 N–H and O–H groups in total. The molecule has 108 valence electrons. The Kier molecular flexibility index (Phi) is 8.31. The maximum Gasteiger partial charge on any atom is 0.0935 e. The Bertz CT molecular complexity index is 192. The second-order valence-corrected chi connectivity index (χ2v) is 6.60. The smallest absolute Gasteiger partial charge is 0.0935 e. The van der Waals surface area contributed by atoms with Crippen LogP contribution in [0.4, 0.5) is 0 Å². The molecule has 0 aromatic rings. The molecule has 0 bridgehead atoms. The number of morpholine rings is 1. The Balaban J connectivity index is 2.11. The highest BCUT2D eigenvalue weighted by Crippen LogP contribution is 2.10. The van der Waals surface area contributed by atoms with Crippen molar-refractivity contribution in [3.05, 3.63) is 0 Å². The van der Waals surface area contributed by atoms with Crippen LogP contribution < -0.4 is 0 Å².